The fraction of sp³-hybridized carbons (Fsp3) is 0.379. The van der Waals surface area contributed by atoms with Crippen molar-refractivity contribution in [3.63, 3.8) is 0 Å². The van der Waals surface area contributed by atoms with Gasteiger partial charge in [0.15, 0.2) is 0 Å². The molecule has 1 saturated carbocycles. The van der Waals surface area contributed by atoms with Crippen LogP contribution < -0.4 is 29.7 Å². The Hall–Kier alpha value is -9.42. The molecule has 3 aromatic heterocycles. The molecule has 12 nitrogen and oxygen atoms in total. The average Bonchev–Trinajstić information content (AvgIpc) is 1.61. The van der Waals surface area contributed by atoms with Crippen molar-refractivity contribution in [3.05, 3.63) is 186 Å². The molecule has 13 rings (SSSR count). The summed E-state index contributed by atoms with van der Waals surface area (Å²) >= 11 is 0. The first kappa shape index (κ1) is 68.1. The fourth-order valence-electron chi connectivity index (χ4n) is 15.3. The summed E-state index contributed by atoms with van der Waals surface area (Å²) < 4.78 is 19.0. The van der Waals surface area contributed by atoms with Gasteiger partial charge in [-0.05, 0) is 200 Å². The molecule has 8 aromatic rings. The van der Waals surface area contributed by atoms with E-state index in [1.807, 2.05) is 48.5 Å². The first-order chi connectivity index (χ1) is 48.7. The highest BCUT2D eigenvalue weighted by molar-refractivity contribution is 6.03. The second-order valence-electron chi connectivity index (χ2n) is 27.9. The monoisotopic (exact) mass is 1320 g/mol. The maximum absolute atomic E-state index is 13.9. The van der Waals surface area contributed by atoms with Crippen molar-refractivity contribution in [2.45, 2.75) is 156 Å². The van der Waals surface area contributed by atoms with Crippen LogP contribution in [0.2, 0.25) is 0 Å². The molecule has 0 radical (unpaired) electrons. The zero-order valence-corrected chi connectivity index (χ0v) is 58.6. The zero-order valence-electron chi connectivity index (χ0n) is 58.6. The van der Waals surface area contributed by atoms with Crippen molar-refractivity contribution in [2.75, 3.05) is 43.1 Å². The van der Waals surface area contributed by atoms with Crippen LogP contribution in [-0.2, 0) is 4.79 Å². The number of nitrogens with one attached hydrogen (secondary N) is 4. The number of H-pyrrole nitrogens is 2. The highest BCUT2D eigenvalue weighted by atomic mass is 16.5. The van der Waals surface area contributed by atoms with Crippen LogP contribution in [0.1, 0.15) is 183 Å². The lowest BCUT2D eigenvalue weighted by Crippen LogP contribution is -2.41. The summed E-state index contributed by atoms with van der Waals surface area (Å²) in [6, 6.07) is 48.8. The van der Waals surface area contributed by atoms with Crippen LogP contribution >= 0.6 is 0 Å². The number of anilines is 2. The minimum absolute atomic E-state index is 0.293. The molecule has 2 amide bonds. The third-order valence-electron chi connectivity index (χ3n) is 20.8. The van der Waals surface area contributed by atoms with Gasteiger partial charge in [-0.1, -0.05) is 178 Å². The first-order valence-electron chi connectivity index (χ1n) is 37.3. The molecule has 12 heteroatoms. The van der Waals surface area contributed by atoms with Crippen molar-refractivity contribution in [3.8, 4) is 61.8 Å². The molecule has 4 N–H and O–H groups in total. The van der Waals surface area contributed by atoms with E-state index in [1.165, 1.54) is 89.9 Å². The van der Waals surface area contributed by atoms with E-state index in [9.17, 15) is 9.59 Å². The largest absolute Gasteiger partial charge is 0.494 e. The first-order valence-corrected chi connectivity index (χ1v) is 37.3. The molecule has 3 aliphatic heterocycles. The van der Waals surface area contributed by atoms with E-state index < -0.39 is 6.04 Å². The minimum Gasteiger partial charge on any atom is -0.494 e. The second-order valence-corrected chi connectivity index (χ2v) is 27.9. The van der Waals surface area contributed by atoms with Gasteiger partial charge in [0.25, 0.3) is 5.91 Å². The van der Waals surface area contributed by atoms with Gasteiger partial charge in [0, 0.05) is 74.3 Å². The van der Waals surface area contributed by atoms with Gasteiger partial charge in [0.05, 0.1) is 42.6 Å². The van der Waals surface area contributed by atoms with Crippen LogP contribution in [0.25, 0.3) is 90.9 Å². The van der Waals surface area contributed by atoms with Gasteiger partial charge < -0.3 is 39.7 Å². The molecule has 5 atom stereocenters. The molecular weight excluding hydrogens is 1220 g/mol. The molecular formula is C87H99N7O5. The molecule has 2 aliphatic carbocycles. The van der Waals surface area contributed by atoms with E-state index in [2.05, 4.69) is 180 Å². The SMILES string of the molecule is CCCCCCCCOc1ccc(-c2c3nc(c(-c4ccc(OCCCCCCCC)cc4)c4ccc([nH]4)c(-c4ccc(OCCCCCCCC)cc4)c4nc(c(-c5ccc(NC(=O)[C@H](C)NC(=O)c6ccc(N7C[C@@H]8[C@H](C7)[C@@H]7C=C[C@H]8C7)cc6)cc5)c5ccc2[nH]5)C=C4)C=C3)cc1. The van der Waals surface area contributed by atoms with Crippen LogP contribution in [0, 0.1) is 23.7 Å². The van der Waals surface area contributed by atoms with E-state index in [-0.39, 0.29) is 11.8 Å². The van der Waals surface area contributed by atoms with Gasteiger partial charge in [-0.3, -0.25) is 9.59 Å². The van der Waals surface area contributed by atoms with E-state index in [0.29, 0.717) is 42.9 Å². The van der Waals surface area contributed by atoms with Crippen molar-refractivity contribution < 1.29 is 23.8 Å². The summed E-state index contributed by atoms with van der Waals surface area (Å²) in [5.74, 6) is 4.75. The van der Waals surface area contributed by atoms with Crippen molar-refractivity contribution in [1.82, 2.24) is 25.3 Å². The normalized spacial score (nSPS) is 16.7. The lowest BCUT2D eigenvalue weighted by Gasteiger charge is -2.21. The average molecular weight is 1320 g/mol. The summed E-state index contributed by atoms with van der Waals surface area (Å²) in [6.45, 7) is 12.6. The minimum atomic E-state index is -0.803. The number of hydrogen-bond acceptors (Lipinski definition) is 8. The molecule has 6 heterocycles. The maximum atomic E-state index is 13.9. The summed E-state index contributed by atoms with van der Waals surface area (Å²) in [7, 11) is 0. The molecule has 0 unspecified atom stereocenters. The predicted molar refractivity (Wildman–Crippen MR) is 409 cm³/mol. The molecule has 2 fully saturated rings. The topological polar surface area (TPSA) is 146 Å². The molecule has 0 spiro atoms. The number of carbonyl (C=O) groups is 2. The molecule has 5 aromatic carbocycles. The summed E-state index contributed by atoms with van der Waals surface area (Å²) in [5.41, 5.74) is 16.5. The Morgan fingerprint density at radius 1 is 0.444 bits per heavy atom. The number of carbonyl (C=O) groups excluding carboxylic acids is 2. The van der Waals surface area contributed by atoms with Crippen LogP contribution in [0.15, 0.2) is 158 Å². The van der Waals surface area contributed by atoms with Gasteiger partial charge in [-0.2, -0.15) is 0 Å². The Balaban J connectivity index is 0.850. The number of aromatic amines is 2. The summed E-state index contributed by atoms with van der Waals surface area (Å²) in [5, 5.41) is 6.03. The lowest BCUT2D eigenvalue weighted by molar-refractivity contribution is -0.117. The zero-order chi connectivity index (χ0) is 67.9. The Bertz CT molecular complexity index is 4240. The molecule has 99 heavy (non-hydrogen) atoms. The maximum Gasteiger partial charge on any atom is 0.251 e. The molecule has 5 aliphatic rings. The smallest absolute Gasteiger partial charge is 0.251 e. The van der Waals surface area contributed by atoms with Gasteiger partial charge in [-0.25, -0.2) is 9.97 Å². The van der Waals surface area contributed by atoms with Gasteiger partial charge in [-0.15, -0.1) is 0 Å². The number of ether oxygens (including phenoxy) is 3. The third-order valence-corrected chi connectivity index (χ3v) is 20.8. The van der Waals surface area contributed by atoms with Crippen LogP contribution in [0.3, 0.4) is 0 Å². The molecule has 512 valence electrons. The van der Waals surface area contributed by atoms with Crippen LogP contribution in [0.4, 0.5) is 11.4 Å². The number of nitrogens with zero attached hydrogens (tertiary/aromatic N) is 3. The lowest BCUT2D eigenvalue weighted by atomic mass is 9.86. The Morgan fingerprint density at radius 2 is 0.788 bits per heavy atom. The van der Waals surface area contributed by atoms with E-state index >= 15 is 0 Å². The van der Waals surface area contributed by atoms with Crippen molar-refractivity contribution >= 4 is 69.6 Å². The number of hydrogen-bond donors (Lipinski definition) is 4. The summed E-state index contributed by atoms with van der Waals surface area (Å²) in [6.07, 6.45) is 36.3. The van der Waals surface area contributed by atoms with Crippen LogP contribution in [-0.4, -0.2) is 70.7 Å². The third kappa shape index (κ3) is 16.5. The molecule has 1 saturated heterocycles. The van der Waals surface area contributed by atoms with E-state index in [4.69, 9.17) is 24.2 Å². The Labute approximate surface area is 585 Å². The number of allylic oxidation sites excluding steroid dienone is 2. The number of unbranched alkanes of at least 4 members (excludes halogenated alkanes) is 15. The van der Waals surface area contributed by atoms with E-state index in [1.54, 1.807) is 6.92 Å². The highest BCUT2D eigenvalue weighted by Gasteiger charge is 2.49. The van der Waals surface area contributed by atoms with Gasteiger partial charge >= 0.3 is 0 Å². The fourth-order valence-corrected chi connectivity index (χ4v) is 15.3. The summed E-state index contributed by atoms with van der Waals surface area (Å²) in [4.78, 5) is 49.1. The Morgan fingerprint density at radius 3 is 1.15 bits per heavy atom. The van der Waals surface area contributed by atoms with Crippen molar-refractivity contribution in [2.24, 2.45) is 23.7 Å². The standard InChI is InChI=1S/C87H99N7O5/c1-5-8-11-14-17-20-53-97-69-39-29-61(30-40-69)83-76-47-45-74(90-76)82(60-25-35-67(36-26-60)89-86(95)59(4)88-87(96)64-27-37-68(38-28-64)94-57-72-65-23-24-66(56-65)73(72)58-94)75-46-48-77(91-75)84(62-31-41-70(42-32-62)98-54-21-18-15-12-9-6-2)79-50-52-81(93-79)85(80-51-49-78(83)92-80)63-33-43-71(44-34-63)99-55-22-19-16-13-10-7-3/h23-52,59,65-66,72-73,90,93H,5-22,53-58H2,1-4H3,(H,88,96)(H,89,95)/t59-,65-,66+,72-,73+/m0/s1. The molecule has 10 bridgehead atoms. The van der Waals surface area contributed by atoms with E-state index in [0.717, 1.165) is 169 Å². The Kier molecular flexibility index (Phi) is 22.7. The number of rotatable bonds is 33. The number of fused-ring (bicyclic) bond motifs is 13. The number of amides is 2. The quantitative estimate of drug-likeness (QED) is 0.0235. The highest BCUT2D eigenvalue weighted by Crippen LogP contribution is 2.52. The number of benzene rings is 5. The second kappa shape index (κ2) is 33.0. The predicted octanol–water partition coefficient (Wildman–Crippen LogP) is 21.6. The van der Waals surface area contributed by atoms with Gasteiger partial charge in [0.2, 0.25) is 5.91 Å². The van der Waals surface area contributed by atoms with Gasteiger partial charge in [0.1, 0.15) is 23.3 Å². The number of aromatic nitrogens is 4. The van der Waals surface area contributed by atoms with Crippen LogP contribution in [0.5, 0.6) is 17.2 Å². The van der Waals surface area contributed by atoms with Crippen molar-refractivity contribution in [1.29, 1.82) is 0 Å².